The fourth-order valence-corrected chi connectivity index (χ4v) is 3.40. The molecule has 0 bridgehead atoms. The molecule has 0 amide bonds. The first kappa shape index (κ1) is 17.9. The van der Waals surface area contributed by atoms with Gasteiger partial charge in [0.25, 0.3) is 11.5 Å². The van der Waals surface area contributed by atoms with E-state index >= 15 is 0 Å². The number of hydrogen-bond donors (Lipinski definition) is 2. The second-order valence-corrected chi connectivity index (χ2v) is 6.95. The van der Waals surface area contributed by atoms with Crippen molar-refractivity contribution in [3.05, 3.63) is 28.7 Å². The molecule has 2 N–H and O–H groups in total. The van der Waals surface area contributed by atoms with Crippen LogP contribution in [0.3, 0.4) is 0 Å². The Bertz CT molecular complexity index is 836. The molecule has 4 rings (SSSR count). The van der Waals surface area contributed by atoms with Crippen LogP contribution in [-0.2, 0) is 4.74 Å². The van der Waals surface area contributed by atoms with Gasteiger partial charge in [-0.1, -0.05) is 0 Å². The molecule has 0 aromatic carbocycles. The Morgan fingerprint density at radius 3 is 2.63 bits per heavy atom. The first-order valence-corrected chi connectivity index (χ1v) is 9.13. The first-order chi connectivity index (χ1) is 13.0. The molecule has 3 heterocycles. The summed E-state index contributed by atoms with van der Waals surface area (Å²) in [6.45, 7) is 2.63. The zero-order valence-electron chi connectivity index (χ0n) is 14.8. The molecule has 0 unspecified atom stereocenters. The highest BCUT2D eigenvalue weighted by atomic mass is 19.3. The molecule has 0 radical (unpaired) electrons. The molecule has 2 aliphatic rings. The van der Waals surface area contributed by atoms with Crippen LogP contribution in [0.25, 0.3) is 5.95 Å². The first-order valence-electron chi connectivity index (χ1n) is 9.13. The molecule has 146 valence electrons. The smallest absolute Gasteiger partial charge is 0.264 e. The Morgan fingerprint density at radius 1 is 1.22 bits per heavy atom. The summed E-state index contributed by atoms with van der Waals surface area (Å²) in [5.74, 6) is -0.976. The zero-order chi connectivity index (χ0) is 18.9. The van der Waals surface area contributed by atoms with E-state index in [-0.39, 0.29) is 24.4 Å². The Kier molecular flexibility index (Phi) is 4.81. The highest BCUT2D eigenvalue weighted by Gasteiger charge is 2.35. The molecule has 1 aliphatic carbocycles. The lowest BCUT2D eigenvalue weighted by atomic mass is 9.92. The van der Waals surface area contributed by atoms with Crippen LogP contribution in [0, 0.1) is 0 Å². The van der Waals surface area contributed by atoms with Crippen LogP contribution in [0.5, 0.6) is 0 Å². The number of aromatic nitrogens is 4. The average molecular weight is 380 g/mol. The fraction of sp³-hybridized carbons (Fsp3) is 0.588. The van der Waals surface area contributed by atoms with Gasteiger partial charge in [0.2, 0.25) is 5.92 Å². The monoisotopic (exact) mass is 380 g/mol. The number of anilines is 2. The van der Waals surface area contributed by atoms with Gasteiger partial charge in [-0.15, -0.1) is 0 Å². The van der Waals surface area contributed by atoms with E-state index in [0.29, 0.717) is 56.7 Å². The summed E-state index contributed by atoms with van der Waals surface area (Å²) in [6, 6.07) is 3.15. The summed E-state index contributed by atoms with van der Waals surface area (Å²) in [5.41, 5.74) is -0.251. The minimum absolute atomic E-state index is 0.0615. The maximum atomic E-state index is 13.4. The molecular weight excluding hydrogens is 358 g/mol. The van der Waals surface area contributed by atoms with E-state index in [9.17, 15) is 13.6 Å². The van der Waals surface area contributed by atoms with Crippen molar-refractivity contribution in [2.75, 3.05) is 36.5 Å². The second kappa shape index (κ2) is 7.26. The lowest BCUT2D eigenvalue weighted by Gasteiger charge is -2.30. The minimum Gasteiger partial charge on any atom is -0.378 e. The van der Waals surface area contributed by atoms with Crippen LogP contribution in [0.4, 0.5) is 20.4 Å². The van der Waals surface area contributed by atoms with Crippen molar-refractivity contribution in [1.82, 2.24) is 19.7 Å². The van der Waals surface area contributed by atoms with E-state index < -0.39 is 5.92 Å². The number of halogens is 2. The van der Waals surface area contributed by atoms with Gasteiger partial charge in [-0.05, 0) is 12.8 Å². The molecule has 1 aliphatic heterocycles. The van der Waals surface area contributed by atoms with Crippen LogP contribution in [0.1, 0.15) is 25.7 Å². The van der Waals surface area contributed by atoms with Crippen LogP contribution in [0.15, 0.2) is 23.1 Å². The van der Waals surface area contributed by atoms with Crippen LogP contribution < -0.4 is 15.8 Å². The molecule has 8 nitrogen and oxygen atoms in total. The predicted molar refractivity (Wildman–Crippen MR) is 95.8 cm³/mol. The van der Waals surface area contributed by atoms with Gasteiger partial charge in [0, 0.05) is 50.3 Å². The summed E-state index contributed by atoms with van der Waals surface area (Å²) in [6.07, 6.45) is 2.10. The van der Waals surface area contributed by atoms with E-state index in [1.54, 1.807) is 6.20 Å². The standard InChI is InChI=1S/C17H22F2N6O2/c18-17(19)4-1-12(2-5-17)20-13-11-14(24-7-9-27-10-8-24)22-16(21-13)25-6-3-15(26)23-25/h3,6,11-12H,1-2,4-5,7-10H2,(H,23,26)(H,20,21,22). The van der Waals surface area contributed by atoms with Gasteiger partial charge >= 0.3 is 0 Å². The fourth-order valence-electron chi connectivity index (χ4n) is 3.40. The van der Waals surface area contributed by atoms with Crippen LogP contribution >= 0.6 is 0 Å². The van der Waals surface area contributed by atoms with Crippen LogP contribution in [-0.4, -0.2) is 58.0 Å². The van der Waals surface area contributed by atoms with Crippen molar-refractivity contribution in [3.8, 4) is 5.95 Å². The quantitative estimate of drug-likeness (QED) is 0.841. The summed E-state index contributed by atoms with van der Waals surface area (Å²) < 4.78 is 33.6. The predicted octanol–water partition coefficient (Wildman–Crippen LogP) is 1.78. The maximum Gasteiger partial charge on any atom is 0.264 e. The number of nitrogens with one attached hydrogen (secondary N) is 2. The third-order valence-electron chi connectivity index (χ3n) is 4.93. The van der Waals surface area contributed by atoms with E-state index in [0.717, 1.165) is 0 Å². The number of ether oxygens (including phenoxy) is 1. The number of morpholine rings is 1. The summed E-state index contributed by atoms with van der Waals surface area (Å²) in [5, 5.41) is 5.90. The van der Waals surface area contributed by atoms with Gasteiger partial charge in [-0.3, -0.25) is 9.89 Å². The van der Waals surface area contributed by atoms with E-state index in [1.807, 2.05) is 6.07 Å². The third-order valence-corrected chi connectivity index (χ3v) is 4.93. The van der Waals surface area contributed by atoms with Gasteiger partial charge in [-0.2, -0.15) is 9.97 Å². The summed E-state index contributed by atoms with van der Waals surface area (Å²) >= 11 is 0. The van der Waals surface area contributed by atoms with Crippen molar-refractivity contribution >= 4 is 11.6 Å². The number of rotatable bonds is 4. The van der Waals surface area contributed by atoms with Gasteiger partial charge in [0.15, 0.2) is 0 Å². The molecule has 2 aromatic heterocycles. The van der Waals surface area contributed by atoms with Crippen molar-refractivity contribution in [2.45, 2.75) is 37.6 Å². The SMILES string of the molecule is O=c1ccn(-c2nc(NC3CCC(F)(F)CC3)cc(N3CCOCC3)n2)[nH]1. The van der Waals surface area contributed by atoms with E-state index in [4.69, 9.17) is 4.74 Å². The number of alkyl halides is 2. The molecule has 1 saturated carbocycles. The molecule has 1 saturated heterocycles. The van der Waals surface area contributed by atoms with Crippen molar-refractivity contribution < 1.29 is 13.5 Å². The van der Waals surface area contributed by atoms with Crippen molar-refractivity contribution in [3.63, 3.8) is 0 Å². The van der Waals surface area contributed by atoms with Gasteiger partial charge in [0.1, 0.15) is 11.6 Å². The zero-order valence-corrected chi connectivity index (χ0v) is 14.8. The lowest BCUT2D eigenvalue weighted by molar-refractivity contribution is -0.0361. The number of nitrogens with zero attached hydrogens (tertiary/aromatic N) is 4. The van der Waals surface area contributed by atoms with Crippen LogP contribution in [0.2, 0.25) is 0 Å². The highest BCUT2D eigenvalue weighted by Crippen LogP contribution is 2.34. The molecule has 10 heteroatoms. The largest absolute Gasteiger partial charge is 0.378 e. The minimum atomic E-state index is -2.57. The molecule has 2 aromatic rings. The van der Waals surface area contributed by atoms with E-state index in [2.05, 4.69) is 25.3 Å². The van der Waals surface area contributed by atoms with E-state index in [1.165, 1.54) is 10.7 Å². The lowest BCUT2D eigenvalue weighted by Crippen LogP contribution is -2.37. The van der Waals surface area contributed by atoms with Gasteiger partial charge < -0.3 is 15.0 Å². The summed E-state index contributed by atoms with van der Waals surface area (Å²) in [4.78, 5) is 22.6. The molecular formula is C17H22F2N6O2. The third kappa shape index (κ3) is 4.26. The molecule has 0 spiro atoms. The molecule has 0 atom stereocenters. The number of H-pyrrole nitrogens is 1. The van der Waals surface area contributed by atoms with Crippen molar-refractivity contribution in [1.29, 1.82) is 0 Å². The molecule has 27 heavy (non-hydrogen) atoms. The Hall–Kier alpha value is -2.49. The Balaban J connectivity index is 1.60. The number of hydrogen-bond acceptors (Lipinski definition) is 6. The van der Waals surface area contributed by atoms with Crippen molar-refractivity contribution in [2.24, 2.45) is 0 Å². The van der Waals surface area contributed by atoms with Gasteiger partial charge in [-0.25, -0.2) is 13.5 Å². The average Bonchev–Trinajstić information content (AvgIpc) is 3.10. The normalized spacial score (nSPS) is 20.6. The number of aromatic amines is 1. The highest BCUT2D eigenvalue weighted by molar-refractivity contribution is 5.52. The Morgan fingerprint density at radius 2 is 1.96 bits per heavy atom. The summed E-state index contributed by atoms with van der Waals surface area (Å²) in [7, 11) is 0. The topological polar surface area (TPSA) is 88.1 Å². The molecule has 2 fully saturated rings. The maximum absolute atomic E-state index is 13.4. The second-order valence-electron chi connectivity index (χ2n) is 6.95. The van der Waals surface area contributed by atoms with Gasteiger partial charge in [0.05, 0.1) is 13.2 Å². The Labute approximate surface area is 154 Å².